The van der Waals surface area contributed by atoms with Crippen molar-refractivity contribution in [2.24, 2.45) is 0 Å². The van der Waals surface area contributed by atoms with Gasteiger partial charge in [0, 0.05) is 12.2 Å². The lowest BCUT2D eigenvalue weighted by Gasteiger charge is -2.07. The highest BCUT2D eigenvalue weighted by molar-refractivity contribution is 7.98. The average molecular weight is 254 g/mol. The van der Waals surface area contributed by atoms with Crippen LogP contribution in [0.15, 0.2) is 24.3 Å². The normalized spacial score (nSPS) is 9.94. The van der Waals surface area contributed by atoms with Crippen LogP contribution >= 0.6 is 11.8 Å². The lowest BCUT2D eigenvalue weighted by atomic mass is 10.3. The SMILES string of the molecule is CSCCCNC(=O)COc1ccc(N)cc1. The molecule has 0 aromatic heterocycles. The van der Waals surface area contributed by atoms with Crippen LogP contribution in [0.1, 0.15) is 6.42 Å². The number of carbonyl (C=O) groups excluding carboxylic acids is 1. The Hall–Kier alpha value is -1.36. The van der Waals surface area contributed by atoms with Gasteiger partial charge in [0.2, 0.25) is 0 Å². The van der Waals surface area contributed by atoms with Gasteiger partial charge >= 0.3 is 0 Å². The van der Waals surface area contributed by atoms with E-state index in [4.69, 9.17) is 10.5 Å². The standard InChI is InChI=1S/C12H18N2O2S/c1-17-8-2-7-14-12(15)9-16-11-5-3-10(13)4-6-11/h3-6H,2,7-9,13H2,1H3,(H,14,15). The fraction of sp³-hybridized carbons (Fsp3) is 0.417. The smallest absolute Gasteiger partial charge is 0.257 e. The summed E-state index contributed by atoms with van der Waals surface area (Å²) in [5.41, 5.74) is 6.22. The topological polar surface area (TPSA) is 64.3 Å². The molecule has 4 nitrogen and oxygen atoms in total. The van der Waals surface area contributed by atoms with E-state index in [2.05, 4.69) is 5.32 Å². The van der Waals surface area contributed by atoms with Gasteiger partial charge in [-0.1, -0.05) is 0 Å². The predicted octanol–water partition coefficient (Wildman–Crippen LogP) is 1.52. The summed E-state index contributed by atoms with van der Waals surface area (Å²) in [6.45, 7) is 0.744. The summed E-state index contributed by atoms with van der Waals surface area (Å²) in [6, 6.07) is 6.98. The van der Waals surface area contributed by atoms with Crippen molar-refractivity contribution in [1.29, 1.82) is 0 Å². The summed E-state index contributed by atoms with van der Waals surface area (Å²) in [5.74, 6) is 1.61. The first kappa shape index (κ1) is 13.7. The molecule has 0 aliphatic heterocycles. The predicted molar refractivity (Wildman–Crippen MR) is 72.4 cm³/mol. The molecule has 0 spiro atoms. The zero-order valence-electron chi connectivity index (χ0n) is 9.94. The number of benzene rings is 1. The summed E-state index contributed by atoms with van der Waals surface area (Å²) >= 11 is 1.77. The molecule has 0 saturated heterocycles. The molecule has 1 aromatic carbocycles. The number of carbonyl (C=O) groups is 1. The van der Waals surface area contributed by atoms with Crippen LogP contribution in [0.2, 0.25) is 0 Å². The number of nitrogens with two attached hydrogens (primary N) is 1. The van der Waals surface area contributed by atoms with Crippen molar-refractivity contribution in [2.75, 3.05) is 30.9 Å². The van der Waals surface area contributed by atoms with Gasteiger partial charge in [0.15, 0.2) is 6.61 Å². The van der Waals surface area contributed by atoms with Crippen LogP contribution in [0.3, 0.4) is 0 Å². The van der Waals surface area contributed by atoms with E-state index in [1.807, 2.05) is 6.26 Å². The van der Waals surface area contributed by atoms with E-state index in [-0.39, 0.29) is 12.5 Å². The highest BCUT2D eigenvalue weighted by Gasteiger charge is 2.01. The van der Waals surface area contributed by atoms with Crippen molar-refractivity contribution in [1.82, 2.24) is 5.32 Å². The maximum Gasteiger partial charge on any atom is 0.257 e. The molecular weight excluding hydrogens is 236 g/mol. The highest BCUT2D eigenvalue weighted by atomic mass is 32.2. The summed E-state index contributed by atoms with van der Waals surface area (Å²) in [7, 11) is 0. The second kappa shape index (κ2) is 7.84. The van der Waals surface area contributed by atoms with Crippen molar-refractivity contribution >= 4 is 23.4 Å². The van der Waals surface area contributed by atoms with Gasteiger partial charge < -0.3 is 15.8 Å². The molecular formula is C12H18N2O2S. The van der Waals surface area contributed by atoms with Crippen LogP contribution < -0.4 is 15.8 Å². The fourth-order valence-corrected chi connectivity index (χ4v) is 1.64. The Labute approximate surface area is 106 Å². The molecule has 0 unspecified atom stereocenters. The summed E-state index contributed by atoms with van der Waals surface area (Å²) in [4.78, 5) is 11.4. The third kappa shape index (κ3) is 6.06. The number of hydrogen-bond acceptors (Lipinski definition) is 4. The van der Waals surface area contributed by atoms with E-state index in [9.17, 15) is 4.79 Å². The van der Waals surface area contributed by atoms with E-state index in [0.717, 1.165) is 12.2 Å². The Balaban J connectivity index is 2.17. The molecule has 0 saturated carbocycles. The molecule has 17 heavy (non-hydrogen) atoms. The van der Waals surface area contributed by atoms with Crippen molar-refractivity contribution in [3.63, 3.8) is 0 Å². The van der Waals surface area contributed by atoms with Gasteiger partial charge in [0.1, 0.15) is 5.75 Å². The van der Waals surface area contributed by atoms with Gasteiger partial charge in [-0.2, -0.15) is 11.8 Å². The van der Waals surface area contributed by atoms with Crippen LogP contribution in [0.25, 0.3) is 0 Å². The van der Waals surface area contributed by atoms with Crippen molar-refractivity contribution in [3.8, 4) is 5.75 Å². The summed E-state index contributed by atoms with van der Waals surface area (Å²) in [6.07, 6.45) is 3.03. The summed E-state index contributed by atoms with van der Waals surface area (Å²) in [5, 5.41) is 2.80. The molecule has 0 radical (unpaired) electrons. The van der Waals surface area contributed by atoms with Crippen molar-refractivity contribution in [2.45, 2.75) is 6.42 Å². The molecule has 1 amide bonds. The van der Waals surface area contributed by atoms with E-state index >= 15 is 0 Å². The van der Waals surface area contributed by atoms with Crippen LogP contribution in [0, 0.1) is 0 Å². The Morgan fingerprint density at radius 2 is 2.12 bits per heavy atom. The number of ether oxygens (including phenoxy) is 1. The highest BCUT2D eigenvalue weighted by Crippen LogP contribution is 2.12. The third-order valence-corrected chi connectivity index (χ3v) is 2.79. The van der Waals surface area contributed by atoms with Crippen LogP contribution in [0.5, 0.6) is 5.75 Å². The average Bonchev–Trinajstić information content (AvgIpc) is 2.34. The Bertz CT molecular complexity index is 341. The zero-order valence-corrected chi connectivity index (χ0v) is 10.8. The minimum Gasteiger partial charge on any atom is -0.484 e. The van der Waals surface area contributed by atoms with E-state index in [1.165, 1.54) is 0 Å². The number of amides is 1. The van der Waals surface area contributed by atoms with Gasteiger partial charge in [-0.3, -0.25) is 4.79 Å². The molecule has 94 valence electrons. The minimum absolute atomic E-state index is 0.0448. The van der Waals surface area contributed by atoms with E-state index in [0.29, 0.717) is 18.0 Å². The molecule has 0 heterocycles. The maximum atomic E-state index is 11.4. The largest absolute Gasteiger partial charge is 0.484 e. The number of hydrogen-bond donors (Lipinski definition) is 2. The number of nitrogens with one attached hydrogen (secondary N) is 1. The fourth-order valence-electron chi connectivity index (χ4n) is 1.21. The van der Waals surface area contributed by atoms with E-state index in [1.54, 1.807) is 36.0 Å². The lowest BCUT2D eigenvalue weighted by molar-refractivity contribution is -0.123. The summed E-state index contributed by atoms with van der Waals surface area (Å²) < 4.78 is 5.31. The zero-order chi connectivity index (χ0) is 12.5. The Morgan fingerprint density at radius 3 is 2.76 bits per heavy atom. The Morgan fingerprint density at radius 1 is 1.41 bits per heavy atom. The van der Waals surface area contributed by atoms with Gasteiger partial charge in [0.05, 0.1) is 0 Å². The first-order valence-electron chi connectivity index (χ1n) is 5.46. The molecule has 1 rings (SSSR count). The quantitative estimate of drug-likeness (QED) is 0.572. The molecule has 3 N–H and O–H groups in total. The van der Waals surface area contributed by atoms with Crippen LogP contribution in [-0.4, -0.2) is 31.1 Å². The lowest BCUT2D eigenvalue weighted by Crippen LogP contribution is -2.29. The monoisotopic (exact) mass is 254 g/mol. The van der Waals surface area contributed by atoms with Gasteiger partial charge in [0.25, 0.3) is 5.91 Å². The number of rotatable bonds is 7. The Kier molecular flexibility index (Phi) is 6.32. The molecule has 0 aliphatic carbocycles. The molecule has 5 heteroatoms. The minimum atomic E-state index is -0.0945. The van der Waals surface area contributed by atoms with Gasteiger partial charge in [-0.25, -0.2) is 0 Å². The first-order valence-corrected chi connectivity index (χ1v) is 6.85. The number of nitrogen functional groups attached to an aromatic ring is 1. The number of anilines is 1. The van der Waals surface area contributed by atoms with Gasteiger partial charge in [-0.15, -0.1) is 0 Å². The molecule has 0 fully saturated rings. The third-order valence-electron chi connectivity index (χ3n) is 2.10. The van der Waals surface area contributed by atoms with Crippen LogP contribution in [0.4, 0.5) is 5.69 Å². The van der Waals surface area contributed by atoms with Gasteiger partial charge in [-0.05, 0) is 42.7 Å². The molecule has 0 bridgehead atoms. The molecule has 1 aromatic rings. The number of thioether (sulfide) groups is 1. The molecule has 0 atom stereocenters. The van der Waals surface area contributed by atoms with Crippen molar-refractivity contribution < 1.29 is 9.53 Å². The first-order chi connectivity index (χ1) is 8.22. The van der Waals surface area contributed by atoms with Crippen molar-refractivity contribution in [3.05, 3.63) is 24.3 Å². The second-order valence-electron chi connectivity index (χ2n) is 3.55. The second-order valence-corrected chi connectivity index (χ2v) is 4.54. The van der Waals surface area contributed by atoms with E-state index < -0.39 is 0 Å². The molecule has 0 aliphatic rings. The maximum absolute atomic E-state index is 11.4. The van der Waals surface area contributed by atoms with Crippen LogP contribution in [-0.2, 0) is 4.79 Å².